The number of hydrogen-bond donors (Lipinski definition) is 1. The number of hydrogen-bond acceptors (Lipinski definition) is 2. The summed E-state index contributed by atoms with van der Waals surface area (Å²) in [6.45, 7) is 2.92. The minimum atomic E-state index is 0.245. The van der Waals surface area contributed by atoms with Crippen LogP contribution in [-0.2, 0) is 11.2 Å². The lowest BCUT2D eigenvalue weighted by Gasteiger charge is -2.25. The van der Waals surface area contributed by atoms with Crippen molar-refractivity contribution in [2.24, 2.45) is 11.3 Å². The van der Waals surface area contributed by atoms with E-state index in [-0.39, 0.29) is 5.92 Å². The minimum Gasteiger partial charge on any atom is -0.317 e. The van der Waals surface area contributed by atoms with Crippen LogP contribution >= 0.6 is 11.6 Å². The van der Waals surface area contributed by atoms with Gasteiger partial charge in [-0.25, -0.2) is 0 Å². The molecule has 1 saturated carbocycles. The van der Waals surface area contributed by atoms with Crippen molar-refractivity contribution >= 4 is 23.2 Å². The van der Waals surface area contributed by atoms with Crippen molar-refractivity contribution in [3.05, 3.63) is 28.8 Å². The van der Waals surface area contributed by atoms with E-state index in [9.17, 15) is 4.79 Å². The first-order chi connectivity index (χ1) is 9.71. The molecule has 3 aliphatic rings. The average Bonchev–Trinajstić information content (AvgIpc) is 2.97. The van der Waals surface area contributed by atoms with Gasteiger partial charge in [0.25, 0.3) is 0 Å². The monoisotopic (exact) mass is 290 g/mol. The van der Waals surface area contributed by atoms with Crippen LogP contribution in [0.5, 0.6) is 0 Å². The Hall–Kier alpha value is -1.06. The number of nitrogens with one attached hydrogen (secondary N) is 1. The molecule has 1 saturated heterocycles. The molecule has 1 atom stereocenters. The van der Waals surface area contributed by atoms with Crippen LogP contribution in [0.4, 0.5) is 5.69 Å². The Balaban J connectivity index is 1.56. The zero-order chi connectivity index (χ0) is 13.7. The van der Waals surface area contributed by atoms with Gasteiger partial charge in [-0.15, -0.1) is 0 Å². The molecule has 1 amide bonds. The van der Waals surface area contributed by atoms with Crippen LogP contribution in [0.2, 0.25) is 5.02 Å². The lowest BCUT2D eigenvalue weighted by Crippen LogP contribution is -2.35. The van der Waals surface area contributed by atoms with Crippen molar-refractivity contribution < 1.29 is 4.79 Å². The number of carbonyl (C=O) groups is 1. The highest BCUT2D eigenvalue weighted by Crippen LogP contribution is 2.59. The Morgan fingerprint density at radius 1 is 1.35 bits per heavy atom. The van der Waals surface area contributed by atoms with Gasteiger partial charge in [-0.1, -0.05) is 17.7 Å². The fourth-order valence-corrected chi connectivity index (χ4v) is 4.25. The molecule has 4 rings (SSSR count). The summed E-state index contributed by atoms with van der Waals surface area (Å²) in [4.78, 5) is 14.8. The highest BCUT2D eigenvalue weighted by atomic mass is 35.5. The van der Waals surface area contributed by atoms with Crippen LogP contribution in [0.25, 0.3) is 0 Å². The largest absolute Gasteiger partial charge is 0.317 e. The van der Waals surface area contributed by atoms with Crippen molar-refractivity contribution in [1.29, 1.82) is 0 Å². The number of amides is 1. The molecule has 1 N–H and O–H groups in total. The molecule has 2 aliphatic heterocycles. The summed E-state index contributed by atoms with van der Waals surface area (Å²) in [5.41, 5.74) is 2.49. The molecule has 2 heterocycles. The summed E-state index contributed by atoms with van der Waals surface area (Å²) < 4.78 is 0. The number of rotatable bonds is 1. The molecule has 0 aromatic heterocycles. The first-order valence-corrected chi connectivity index (χ1v) is 7.89. The van der Waals surface area contributed by atoms with Gasteiger partial charge in [-0.3, -0.25) is 4.79 Å². The van der Waals surface area contributed by atoms with Gasteiger partial charge >= 0.3 is 0 Å². The number of piperidine rings is 1. The second-order valence-electron chi connectivity index (χ2n) is 6.35. The summed E-state index contributed by atoms with van der Waals surface area (Å²) in [6, 6.07) is 5.89. The maximum atomic E-state index is 12.8. The third-order valence-electron chi connectivity index (χ3n) is 5.32. The highest BCUT2D eigenvalue weighted by Gasteiger charge is 2.59. The van der Waals surface area contributed by atoms with Gasteiger partial charge in [0.15, 0.2) is 0 Å². The van der Waals surface area contributed by atoms with E-state index in [2.05, 4.69) is 5.32 Å². The Labute approximate surface area is 124 Å². The Morgan fingerprint density at radius 2 is 2.15 bits per heavy atom. The van der Waals surface area contributed by atoms with E-state index in [1.165, 1.54) is 0 Å². The van der Waals surface area contributed by atoms with Crippen LogP contribution in [0, 0.1) is 11.3 Å². The maximum absolute atomic E-state index is 12.8. The van der Waals surface area contributed by atoms with Crippen molar-refractivity contribution in [3.63, 3.8) is 0 Å². The van der Waals surface area contributed by atoms with E-state index < -0.39 is 0 Å². The van der Waals surface area contributed by atoms with E-state index >= 15 is 0 Å². The molecule has 1 aromatic carbocycles. The molecule has 0 bridgehead atoms. The number of carbonyl (C=O) groups excluding carboxylic acids is 1. The lowest BCUT2D eigenvalue weighted by atomic mass is 9.91. The molecule has 20 heavy (non-hydrogen) atoms. The number of halogens is 1. The Bertz CT molecular complexity index is 566. The molecule has 106 valence electrons. The standard InChI is InChI=1S/C16H19ClN2O/c17-13-2-1-3-14-11(13)4-9-19(14)15(20)12-10-16(12)5-7-18-8-6-16/h1-3,12,18H,4-10H2. The minimum absolute atomic E-state index is 0.245. The maximum Gasteiger partial charge on any atom is 0.230 e. The third-order valence-corrected chi connectivity index (χ3v) is 5.68. The lowest BCUT2D eigenvalue weighted by molar-refractivity contribution is -0.120. The van der Waals surface area contributed by atoms with E-state index in [0.29, 0.717) is 11.3 Å². The van der Waals surface area contributed by atoms with Crippen LogP contribution in [-0.4, -0.2) is 25.5 Å². The molecule has 1 aromatic rings. The second-order valence-corrected chi connectivity index (χ2v) is 6.75. The number of nitrogens with zero attached hydrogens (tertiary/aromatic N) is 1. The smallest absolute Gasteiger partial charge is 0.230 e. The quantitative estimate of drug-likeness (QED) is 0.862. The zero-order valence-electron chi connectivity index (χ0n) is 11.5. The van der Waals surface area contributed by atoms with Crippen molar-refractivity contribution in [2.75, 3.05) is 24.5 Å². The third kappa shape index (κ3) is 1.80. The SMILES string of the molecule is O=C(C1CC12CCNCC2)N1CCc2c(Cl)cccc21. The average molecular weight is 291 g/mol. The molecule has 4 heteroatoms. The molecule has 1 aliphatic carbocycles. The first-order valence-electron chi connectivity index (χ1n) is 7.51. The second kappa shape index (κ2) is 4.47. The van der Waals surface area contributed by atoms with Crippen LogP contribution in [0.15, 0.2) is 18.2 Å². The molecular formula is C16H19ClN2O. The first kappa shape index (κ1) is 12.7. The van der Waals surface area contributed by atoms with Gasteiger partial charge in [0.05, 0.1) is 0 Å². The topological polar surface area (TPSA) is 32.3 Å². The molecule has 1 unspecified atom stereocenters. The van der Waals surface area contributed by atoms with Crippen LogP contribution in [0.3, 0.4) is 0 Å². The summed E-state index contributed by atoms with van der Waals surface area (Å²) in [5.74, 6) is 0.572. The van der Waals surface area contributed by atoms with Gasteiger partial charge in [-0.2, -0.15) is 0 Å². The van der Waals surface area contributed by atoms with E-state index in [1.54, 1.807) is 0 Å². The van der Waals surface area contributed by atoms with Crippen LogP contribution < -0.4 is 10.2 Å². The zero-order valence-corrected chi connectivity index (χ0v) is 12.2. The fraction of sp³-hybridized carbons (Fsp3) is 0.562. The molecule has 0 radical (unpaired) electrons. The Morgan fingerprint density at radius 3 is 2.95 bits per heavy atom. The summed E-state index contributed by atoms with van der Waals surface area (Å²) in [7, 11) is 0. The van der Waals surface area contributed by atoms with Gasteiger partial charge < -0.3 is 10.2 Å². The number of benzene rings is 1. The predicted molar refractivity (Wildman–Crippen MR) is 80.2 cm³/mol. The summed E-state index contributed by atoms with van der Waals surface area (Å²) >= 11 is 6.23. The van der Waals surface area contributed by atoms with Crippen LogP contribution in [0.1, 0.15) is 24.8 Å². The van der Waals surface area contributed by atoms with E-state index in [1.807, 2.05) is 23.1 Å². The molecule has 1 spiro atoms. The highest BCUT2D eigenvalue weighted by molar-refractivity contribution is 6.32. The number of fused-ring (bicyclic) bond motifs is 1. The Kier molecular flexibility index (Phi) is 2.83. The molecule has 3 nitrogen and oxygen atoms in total. The van der Waals surface area contributed by atoms with Crippen molar-refractivity contribution in [2.45, 2.75) is 25.7 Å². The van der Waals surface area contributed by atoms with E-state index in [0.717, 1.165) is 61.6 Å². The normalized spacial score (nSPS) is 26.6. The van der Waals surface area contributed by atoms with Crippen molar-refractivity contribution in [1.82, 2.24) is 5.32 Å². The van der Waals surface area contributed by atoms with Gasteiger partial charge in [-0.05, 0) is 61.9 Å². The van der Waals surface area contributed by atoms with Gasteiger partial charge in [0.2, 0.25) is 5.91 Å². The van der Waals surface area contributed by atoms with E-state index in [4.69, 9.17) is 11.6 Å². The molecular weight excluding hydrogens is 272 g/mol. The summed E-state index contributed by atoms with van der Waals surface area (Å²) in [6.07, 6.45) is 4.28. The predicted octanol–water partition coefficient (Wildman–Crippen LogP) is 2.62. The van der Waals surface area contributed by atoms with Gasteiger partial charge in [0.1, 0.15) is 0 Å². The van der Waals surface area contributed by atoms with Gasteiger partial charge in [0, 0.05) is 23.2 Å². The number of anilines is 1. The fourth-order valence-electron chi connectivity index (χ4n) is 3.98. The van der Waals surface area contributed by atoms with Crippen molar-refractivity contribution in [3.8, 4) is 0 Å². The molecule has 2 fully saturated rings. The summed E-state index contributed by atoms with van der Waals surface area (Å²) in [5, 5.41) is 4.19.